The number of rotatable bonds is 2. The Morgan fingerprint density at radius 1 is 1.00 bits per heavy atom. The van der Waals surface area contributed by atoms with Crippen molar-refractivity contribution in [3.63, 3.8) is 0 Å². The van der Waals surface area contributed by atoms with Crippen LogP contribution in [0, 0.1) is 0 Å². The summed E-state index contributed by atoms with van der Waals surface area (Å²) in [6, 6.07) is 6.59. The van der Waals surface area contributed by atoms with Crippen LogP contribution in [0.25, 0.3) is 0 Å². The molecule has 2 rings (SSSR count). The van der Waals surface area contributed by atoms with Gasteiger partial charge in [0.25, 0.3) is 0 Å². The number of nitrogens with zero attached hydrogens (tertiary/aromatic N) is 1. The van der Waals surface area contributed by atoms with Crippen LogP contribution >= 0.6 is 34.8 Å². The van der Waals surface area contributed by atoms with Gasteiger partial charge in [0.15, 0.2) is 0 Å². The Hall–Kier alpha value is -1.16. The average Bonchev–Trinajstić information content (AvgIpc) is 2.26. The van der Waals surface area contributed by atoms with Crippen LogP contribution in [0.15, 0.2) is 30.5 Å². The van der Waals surface area contributed by atoms with Gasteiger partial charge in [-0.1, -0.05) is 34.8 Å². The van der Waals surface area contributed by atoms with Crippen molar-refractivity contribution >= 4 is 52.0 Å². The van der Waals surface area contributed by atoms with Gasteiger partial charge in [-0.05, 0) is 18.2 Å². The van der Waals surface area contributed by atoms with Crippen molar-refractivity contribution in [1.29, 1.82) is 0 Å². The van der Waals surface area contributed by atoms with E-state index in [1.807, 2.05) is 0 Å². The van der Waals surface area contributed by atoms with Gasteiger partial charge in [0, 0.05) is 18.0 Å². The first-order valence-corrected chi connectivity index (χ1v) is 5.83. The summed E-state index contributed by atoms with van der Waals surface area (Å²) in [6.07, 6.45) is 1.60. The van der Waals surface area contributed by atoms with Crippen LogP contribution < -0.4 is 11.1 Å². The third-order valence-electron chi connectivity index (χ3n) is 2.06. The molecule has 17 heavy (non-hydrogen) atoms. The molecule has 0 saturated heterocycles. The van der Waals surface area contributed by atoms with Crippen molar-refractivity contribution in [3.8, 4) is 0 Å². The highest BCUT2D eigenvalue weighted by Crippen LogP contribution is 2.33. The lowest BCUT2D eigenvalue weighted by Crippen LogP contribution is -1.95. The molecule has 0 bridgehead atoms. The van der Waals surface area contributed by atoms with Crippen molar-refractivity contribution < 1.29 is 0 Å². The lowest BCUT2D eigenvalue weighted by molar-refractivity contribution is 1.31. The maximum absolute atomic E-state index is 6.03. The van der Waals surface area contributed by atoms with Gasteiger partial charge in [0.2, 0.25) is 0 Å². The zero-order valence-electron chi connectivity index (χ0n) is 8.55. The second-order valence-corrected chi connectivity index (χ2v) is 4.57. The number of benzene rings is 1. The van der Waals surface area contributed by atoms with Crippen LogP contribution in [0.4, 0.5) is 17.2 Å². The lowest BCUT2D eigenvalue weighted by atomic mass is 10.3. The van der Waals surface area contributed by atoms with Gasteiger partial charge in [0.1, 0.15) is 5.82 Å². The Kier molecular flexibility index (Phi) is 3.62. The Morgan fingerprint density at radius 3 is 2.41 bits per heavy atom. The predicted molar refractivity (Wildman–Crippen MR) is 73.4 cm³/mol. The summed E-state index contributed by atoms with van der Waals surface area (Å²) in [5.74, 6) is 0.588. The van der Waals surface area contributed by atoms with E-state index in [2.05, 4.69) is 10.3 Å². The number of halogens is 3. The van der Waals surface area contributed by atoms with E-state index >= 15 is 0 Å². The molecule has 0 atom stereocenters. The number of hydrogen-bond donors (Lipinski definition) is 2. The van der Waals surface area contributed by atoms with Crippen LogP contribution in [0.3, 0.4) is 0 Å². The SMILES string of the molecule is Nc1ccnc(Nc2cc(Cl)c(Cl)cc2Cl)c1. The Bertz CT molecular complexity index is 558. The molecule has 0 fully saturated rings. The van der Waals surface area contributed by atoms with E-state index in [1.54, 1.807) is 30.5 Å². The maximum atomic E-state index is 6.03. The molecule has 0 aliphatic heterocycles. The molecule has 1 aromatic heterocycles. The molecule has 0 aliphatic carbocycles. The Morgan fingerprint density at radius 2 is 1.71 bits per heavy atom. The minimum absolute atomic E-state index is 0.405. The van der Waals surface area contributed by atoms with E-state index in [-0.39, 0.29) is 0 Å². The summed E-state index contributed by atoms with van der Waals surface area (Å²) in [5.41, 5.74) is 6.88. The largest absolute Gasteiger partial charge is 0.399 e. The fraction of sp³-hybridized carbons (Fsp3) is 0. The zero-order chi connectivity index (χ0) is 12.4. The quantitative estimate of drug-likeness (QED) is 0.807. The predicted octanol–water partition coefficient (Wildman–Crippen LogP) is 4.37. The number of pyridine rings is 1. The van der Waals surface area contributed by atoms with Gasteiger partial charge in [-0.3, -0.25) is 0 Å². The standard InChI is InChI=1S/C11H8Cl3N3/c12-7-4-9(14)10(5-8(7)13)17-11-3-6(15)1-2-16-11/h1-5H,(H3,15,16,17). The summed E-state index contributed by atoms with van der Waals surface area (Å²) in [4.78, 5) is 4.10. The van der Waals surface area contributed by atoms with Crippen LogP contribution in [0.1, 0.15) is 0 Å². The smallest absolute Gasteiger partial charge is 0.132 e. The van der Waals surface area contributed by atoms with Gasteiger partial charge >= 0.3 is 0 Å². The van der Waals surface area contributed by atoms with Crippen LogP contribution in [0.2, 0.25) is 15.1 Å². The molecule has 0 aliphatic rings. The molecule has 0 saturated carbocycles. The van der Waals surface area contributed by atoms with E-state index in [0.29, 0.717) is 32.3 Å². The third-order valence-corrected chi connectivity index (χ3v) is 3.09. The van der Waals surface area contributed by atoms with Gasteiger partial charge in [-0.2, -0.15) is 0 Å². The van der Waals surface area contributed by atoms with E-state index in [0.717, 1.165) is 0 Å². The molecular weight excluding hydrogens is 281 g/mol. The normalized spacial score (nSPS) is 10.3. The molecule has 2 aromatic rings. The summed E-state index contributed by atoms with van der Waals surface area (Å²) in [6.45, 7) is 0. The van der Waals surface area contributed by atoms with Gasteiger partial charge in [-0.15, -0.1) is 0 Å². The van der Waals surface area contributed by atoms with Crippen molar-refractivity contribution in [2.45, 2.75) is 0 Å². The summed E-state index contributed by atoms with van der Waals surface area (Å²) >= 11 is 17.8. The first-order valence-electron chi connectivity index (χ1n) is 4.69. The highest BCUT2D eigenvalue weighted by Gasteiger charge is 2.06. The number of nitrogens with one attached hydrogen (secondary N) is 1. The van der Waals surface area contributed by atoms with E-state index in [9.17, 15) is 0 Å². The highest BCUT2D eigenvalue weighted by atomic mass is 35.5. The molecule has 88 valence electrons. The third kappa shape index (κ3) is 2.94. The number of aromatic nitrogens is 1. The first-order chi connectivity index (χ1) is 8.06. The van der Waals surface area contributed by atoms with Crippen LogP contribution in [0.5, 0.6) is 0 Å². The Labute approximate surface area is 114 Å². The molecule has 1 heterocycles. The van der Waals surface area contributed by atoms with E-state index in [4.69, 9.17) is 40.5 Å². The molecule has 0 unspecified atom stereocenters. The van der Waals surface area contributed by atoms with Gasteiger partial charge in [-0.25, -0.2) is 4.98 Å². The monoisotopic (exact) mass is 287 g/mol. The summed E-state index contributed by atoms with van der Waals surface area (Å²) < 4.78 is 0. The molecular formula is C11H8Cl3N3. The molecule has 1 aromatic carbocycles. The van der Waals surface area contributed by atoms with Gasteiger partial charge in [0.05, 0.1) is 20.8 Å². The fourth-order valence-electron chi connectivity index (χ4n) is 1.27. The maximum Gasteiger partial charge on any atom is 0.132 e. The fourth-order valence-corrected chi connectivity index (χ4v) is 1.87. The van der Waals surface area contributed by atoms with Crippen LogP contribution in [-0.2, 0) is 0 Å². The molecule has 3 nitrogen and oxygen atoms in total. The molecule has 0 spiro atoms. The van der Waals surface area contributed by atoms with Crippen LogP contribution in [-0.4, -0.2) is 4.98 Å². The number of nitrogens with two attached hydrogens (primary N) is 1. The summed E-state index contributed by atoms with van der Waals surface area (Å²) in [7, 11) is 0. The van der Waals surface area contributed by atoms with Crippen molar-refractivity contribution in [1.82, 2.24) is 4.98 Å². The molecule has 3 N–H and O–H groups in total. The van der Waals surface area contributed by atoms with E-state index < -0.39 is 0 Å². The first kappa shape index (κ1) is 12.3. The number of hydrogen-bond acceptors (Lipinski definition) is 3. The molecule has 6 heteroatoms. The minimum atomic E-state index is 0.405. The minimum Gasteiger partial charge on any atom is -0.399 e. The average molecular weight is 289 g/mol. The van der Waals surface area contributed by atoms with Crippen molar-refractivity contribution in [2.24, 2.45) is 0 Å². The number of anilines is 3. The second kappa shape index (κ2) is 5.00. The van der Waals surface area contributed by atoms with Crippen molar-refractivity contribution in [2.75, 3.05) is 11.1 Å². The van der Waals surface area contributed by atoms with E-state index in [1.165, 1.54) is 0 Å². The molecule has 0 radical (unpaired) electrons. The topological polar surface area (TPSA) is 50.9 Å². The summed E-state index contributed by atoms with van der Waals surface area (Å²) in [5, 5.41) is 4.30. The highest BCUT2D eigenvalue weighted by molar-refractivity contribution is 6.44. The molecule has 0 amide bonds. The second-order valence-electron chi connectivity index (χ2n) is 3.35. The van der Waals surface area contributed by atoms with Crippen molar-refractivity contribution in [3.05, 3.63) is 45.5 Å². The zero-order valence-corrected chi connectivity index (χ0v) is 10.8. The lowest BCUT2D eigenvalue weighted by Gasteiger charge is -2.09. The van der Waals surface area contributed by atoms with Gasteiger partial charge < -0.3 is 11.1 Å². The Balaban J connectivity index is 2.33. The number of nitrogen functional groups attached to an aromatic ring is 1.